The van der Waals surface area contributed by atoms with Crippen LogP contribution in [0.2, 0.25) is 0 Å². The first kappa shape index (κ1) is 17.5. The molecule has 4 nitrogen and oxygen atoms in total. The molecular formula is C12H16BrF2NO3S. The monoisotopic (exact) mass is 371 g/mol. The fraction of sp³-hybridized carbons (Fsp3) is 0.500. The summed E-state index contributed by atoms with van der Waals surface area (Å²) < 4.78 is 53.2. The summed E-state index contributed by atoms with van der Waals surface area (Å²) in [5.41, 5.74) is -2.64. The van der Waals surface area contributed by atoms with E-state index in [1.165, 1.54) is 27.7 Å². The van der Waals surface area contributed by atoms with Crippen LogP contribution in [0.15, 0.2) is 21.5 Å². The summed E-state index contributed by atoms with van der Waals surface area (Å²) in [6, 6.07) is 1.34. The Bertz CT molecular complexity index is 601. The van der Waals surface area contributed by atoms with E-state index in [9.17, 15) is 22.3 Å². The Labute approximate surface area is 125 Å². The summed E-state index contributed by atoms with van der Waals surface area (Å²) in [5.74, 6) is -2.11. The summed E-state index contributed by atoms with van der Waals surface area (Å²) >= 11 is 2.83. The lowest BCUT2D eigenvalue weighted by atomic mass is 9.87. The molecule has 114 valence electrons. The smallest absolute Gasteiger partial charge is 0.245 e. The van der Waals surface area contributed by atoms with Gasteiger partial charge in [-0.2, -0.15) is 0 Å². The van der Waals surface area contributed by atoms with E-state index < -0.39 is 37.7 Å². The van der Waals surface area contributed by atoms with Crippen LogP contribution in [0.4, 0.5) is 8.78 Å². The van der Waals surface area contributed by atoms with Crippen molar-refractivity contribution in [2.24, 2.45) is 0 Å². The van der Waals surface area contributed by atoms with Gasteiger partial charge in [0.05, 0.1) is 11.1 Å². The molecule has 0 atom stereocenters. The molecule has 2 N–H and O–H groups in total. The quantitative estimate of drug-likeness (QED) is 0.854. The molecule has 0 saturated carbocycles. The standard InChI is InChI=1S/C12H16BrF2NO3S/c1-11(2,12(3,4)17)16-20(18,19)10-8(13)5-7(14)6-9(10)15/h5-6,16-17H,1-4H3. The van der Waals surface area contributed by atoms with Crippen LogP contribution in [0.5, 0.6) is 0 Å². The number of hydrogen-bond donors (Lipinski definition) is 2. The van der Waals surface area contributed by atoms with Gasteiger partial charge in [0.1, 0.15) is 16.5 Å². The van der Waals surface area contributed by atoms with E-state index in [0.29, 0.717) is 6.07 Å². The Hall–Kier alpha value is -0.570. The topological polar surface area (TPSA) is 66.4 Å². The van der Waals surface area contributed by atoms with Gasteiger partial charge in [-0.25, -0.2) is 21.9 Å². The normalized spacial score (nSPS) is 13.6. The number of nitrogens with one attached hydrogen (secondary N) is 1. The lowest BCUT2D eigenvalue weighted by molar-refractivity contribution is 0.00635. The molecule has 0 unspecified atom stereocenters. The van der Waals surface area contributed by atoms with E-state index in [2.05, 4.69) is 20.7 Å². The number of benzene rings is 1. The van der Waals surface area contributed by atoms with Crippen molar-refractivity contribution in [2.75, 3.05) is 0 Å². The molecule has 0 fully saturated rings. The second-order valence-electron chi connectivity index (χ2n) is 5.49. The first-order valence-corrected chi connectivity index (χ1v) is 7.96. The second kappa shape index (κ2) is 5.32. The highest BCUT2D eigenvalue weighted by molar-refractivity contribution is 9.10. The molecule has 0 aliphatic carbocycles. The predicted octanol–water partition coefficient (Wildman–Crippen LogP) is 2.56. The summed E-state index contributed by atoms with van der Waals surface area (Å²) in [6.07, 6.45) is 0. The third kappa shape index (κ3) is 3.55. The zero-order valence-corrected chi connectivity index (χ0v) is 13.9. The SMILES string of the molecule is CC(C)(O)C(C)(C)NS(=O)(=O)c1c(F)cc(F)cc1Br. The van der Waals surface area contributed by atoms with Crippen molar-refractivity contribution in [3.8, 4) is 0 Å². The first-order chi connectivity index (χ1) is 8.78. The Kier molecular flexibility index (Phi) is 4.65. The fourth-order valence-electron chi connectivity index (χ4n) is 1.30. The molecule has 0 spiro atoms. The lowest BCUT2D eigenvalue weighted by Crippen LogP contribution is -2.57. The minimum Gasteiger partial charge on any atom is -0.389 e. The summed E-state index contributed by atoms with van der Waals surface area (Å²) in [4.78, 5) is -0.698. The van der Waals surface area contributed by atoms with Gasteiger partial charge in [0.25, 0.3) is 0 Å². The highest BCUT2D eigenvalue weighted by atomic mass is 79.9. The largest absolute Gasteiger partial charge is 0.389 e. The molecular weight excluding hydrogens is 356 g/mol. The zero-order valence-electron chi connectivity index (χ0n) is 11.5. The molecule has 8 heteroatoms. The van der Waals surface area contributed by atoms with Crippen molar-refractivity contribution < 1.29 is 22.3 Å². The maximum Gasteiger partial charge on any atom is 0.245 e. The van der Waals surface area contributed by atoms with Crippen LogP contribution in [-0.2, 0) is 10.0 Å². The second-order valence-corrected chi connectivity index (χ2v) is 7.96. The van der Waals surface area contributed by atoms with E-state index in [0.717, 1.165) is 6.07 Å². The molecule has 0 aliphatic heterocycles. The number of aliphatic hydroxyl groups is 1. The molecule has 0 heterocycles. The molecule has 20 heavy (non-hydrogen) atoms. The number of rotatable bonds is 4. The molecule has 0 bridgehead atoms. The van der Waals surface area contributed by atoms with Gasteiger partial charge >= 0.3 is 0 Å². The van der Waals surface area contributed by atoms with E-state index in [1.807, 2.05) is 0 Å². The predicted molar refractivity (Wildman–Crippen MR) is 74.8 cm³/mol. The van der Waals surface area contributed by atoms with Gasteiger partial charge in [-0.05, 0) is 49.7 Å². The molecule has 0 radical (unpaired) electrons. The van der Waals surface area contributed by atoms with Gasteiger partial charge < -0.3 is 5.11 Å². The Morgan fingerprint density at radius 1 is 1.20 bits per heavy atom. The summed E-state index contributed by atoms with van der Waals surface area (Å²) in [7, 11) is -4.28. The summed E-state index contributed by atoms with van der Waals surface area (Å²) in [6.45, 7) is 5.76. The van der Waals surface area contributed by atoms with Crippen LogP contribution in [0, 0.1) is 11.6 Å². The van der Waals surface area contributed by atoms with E-state index in [4.69, 9.17) is 0 Å². The van der Waals surface area contributed by atoms with Crippen molar-refractivity contribution in [1.82, 2.24) is 4.72 Å². The molecule has 1 aromatic carbocycles. The van der Waals surface area contributed by atoms with E-state index in [1.54, 1.807) is 0 Å². The number of sulfonamides is 1. The Morgan fingerprint density at radius 2 is 1.70 bits per heavy atom. The maximum atomic E-state index is 13.7. The van der Waals surface area contributed by atoms with Gasteiger partial charge in [0.15, 0.2) is 0 Å². The third-order valence-electron chi connectivity index (χ3n) is 3.15. The van der Waals surface area contributed by atoms with E-state index in [-0.39, 0.29) is 4.47 Å². The van der Waals surface area contributed by atoms with Gasteiger partial charge in [-0.15, -0.1) is 0 Å². The molecule has 0 aromatic heterocycles. The van der Waals surface area contributed by atoms with Gasteiger partial charge in [-0.1, -0.05) is 0 Å². The molecule has 1 aromatic rings. The van der Waals surface area contributed by atoms with Crippen molar-refractivity contribution in [3.05, 3.63) is 28.2 Å². The van der Waals surface area contributed by atoms with E-state index >= 15 is 0 Å². The fourth-order valence-corrected chi connectivity index (χ4v) is 4.00. The van der Waals surface area contributed by atoms with Crippen LogP contribution in [0.25, 0.3) is 0 Å². The lowest BCUT2D eigenvalue weighted by Gasteiger charge is -2.37. The van der Waals surface area contributed by atoms with Crippen molar-refractivity contribution in [3.63, 3.8) is 0 Å². The highest BCUT2D eigenvalue weighted by Gasteiger charge is 2.40. The number of halogens is 3. The molecule has 0 amide bonds. The van der Waals surface area contributed by atoms with Crippen molar-refractivity contribution >= 4 is 26.0 Å². The third-order valence-corrected chi connectivity index (χ3v) is 5.77. The Morgan fingerprint density at radius 3 is 2.10 bits per heavy atom. The Balaban J connectivity index is 3.34. The zero-order chi connectivity index (χ0) is 15.9. The average molecular weight is 372 g/mol. The molecule has 0 aliphatic rings. The summed E-state index contributed by atoms with van der Waals surface area (Å²) in [5, 5.41) is 9.95. The van der Waals surface area contributed by atoms with Gasteiger partial charge in [0.2, 0.25) is 10.0 Å². The molecule has 1 rings (SSSR count). The number of hydrogen-bond acceptors (Lipinski definition) is 3. The van der Waals surface area contributed by atoms with Crippen LogP contribution in [0.1, 0.15) is 27.7 Å². The average Bonchev–Trinajstić information content (AvgIpc) is 2.09. The minimum absolute atomic E-state index is 0.228. The van der Waals surface area contributed by atoms with Crippen LogP contribution in [-0.4, -0.2) is 24.7 Å². The van der Waals surface area contributed by atoms with Gasteiger partial charge in [-0.3, -0.25) is 0 Å². The highest BCUT2D eigenvalue weighted by Crippen LogP contribution is 2.29. The van der Waals surface area contributed by atoms with Crippen LogP contribution in [0.3, 0.4) is 0 Å². The maximum absolute atomic E-state index is 13.7. The first-order valence-electron chi connectivity index (χ1n) is 5.69. The minimum atomic E-state index is -4.28. The van der Waals surface area contributed by atoms with Gasteiger partial charge in [0, 0.05) is 10.5 Å². The van der Waals surface area contributed by atoms with Crippen molar-refractivity contribution in [1.29, 1.82) is 0 Å². The van der Waals surface area contributed by atoms with Crippen LogP contribution < -0.4 is 4.72 Å². The van der Waals surface area contributed by atoms with Crippen molar-refractivity contribution in [2.45, 2.75) is 43.7 Å². The molecule has 0 saturated heterocycles. The van der Waals surface area contributed by atoms with Crippen LogP contribution >= 0.6 is 15.9 Å².